The number of rotatable bonds is 11. The number of aromatic nitrogens is 2. The Hall–Kier alpha value is -5.73. The number of Topliss-reactive ketones (excluding diaryl/α,β-unsaturated/α-hetero) is 1. The number of carbonyl (C=O) groups is 2. The Morgan fingerprint density at radius 3 is 2.67 bits per heavy atom. The van der Waals surface area contributed by atoms with Gasteiger partial charge in [-0.3, -0.25) is 14.5 Å². The smallest absolute Gasteiger partial charge is 0.303 e. The molecule has 1 fully saturated rings. The fourth-order valence-electron chi connectivity index (χ4n) is 7.31. The van der Waals surface area contributed by atoms with Crippen LogP contribution in [-0.4, -0.2) is 51.5 Å². The van der Waals surface area contributed by atoms with Crippen molar-refractivity contribution in [3.63, 3.8) is 0 Å². The fraction of sp³-hybridized carbons (Fsp3) is 0.325. The second-order valence-corrected chi connectivity index (χ2v) is 13.2. The van der Waals surface area contributed by atoms with E-state index in [-0.39, 0.29) is 23.7 Å². The Bertz CT molecular complexity index is 2280. The van der Waals surface area contributed by atoms with Crippen molar-refractivity contribution in [1.29, 1.82) is 5.26 Å². The summed E-state index contributed by atoms with van der Waals surface area (Å²) in [4.78, 5) is 35.0. The van der Waals surface area contributed by atoms with Crippen LogP contribution < -0.4 is 10.2 Å². The molecule has 1 saturated heterocycles. The minimum atomic E-state index is -0.900. The van der Waals surface area contributed by atoms with Gasteiger partial charge in [-0.25, -0.2) is 4.98 Å². The quantitative estimate of drug-likeness (QED) is 0.152. The summed E-state index contributed by atoms with van der Waals surface area (Å²) in [7, 11) is 1.42. The number of benzene rings is 3. The zero-order chi connectivity index (χ0) is 35.6. The van der Waals surface area contributed by atoms with Gasteiger partial charge in [0, 0.05) is 44.2 Å². The van der Waals surface area contributed by atoms with E-state index in [9.17, 15) is 14.9 Å². The molecule has 3 aromatic carbocycles. The molecule has 0 unspecified atom stereocenters. The van der Waals surface area contributed by atoms with Crippen molar-refractivity contribution < 1.29 is 28.7 Å². The molecule has 0 amide bonds. The molecule has 5 aromatic rings. The maximum Gasteiger partial charge on any atom is 0.303 e. The predicted octanol–water partition coefficient (Wildman–Crippen LogP) is 6.62. The van der Waals surface area contributed by atoms with Crippen molar-refractivity contribution in [2.24, 2.45) is 5.16 Å². The van der Waals surface area contributed by atoms with Gasteiger partial charge in [-0.05, 0) is 90.3 Å². The van der Waals surface area contributed by atoms with Crippen LogP contribution in [0.3, 0.4) is 0 Å². The van der Waals surface area contributed by atoms with E-state index < -0.39 is 5.97 Å². The Kier molecular flexibility index (Phi) is 9.43. The summed E-state index contributed by atoms with van der Waals surface area (Å²) in [5.74, 6) is 0.594. The van der Waals surface area contributed by atoms with Gasteiger partial charge in [-0.15, -0.1) is 0 Å². The highest BCUT2D eigenvalue weighted by atomic mass is 16.6. The number of hydrogen-bond donors (Lipinski definition) is 1. The van der Waals surface area contributed by atoms with E-state index in [1.165, 1.54) is 23.8 Å². The van der Waals surface area contributed by atoms with Crippen LogP contribution in [0.25, 0.3) is 33.7 Å². The van der Waals surface area contributed by atoms with E-state index in [2.05, 4.69) is 59.4 Å². The number of likely N-dealkylation sites (tertiary alicyclic amines) is 1. The lowest BCUT2D eigenvalue weighted by Gasteiger charge is -2.19. The van der Waals surface area contributed by atoms with Gasteiger partial charge >= 0.3 is 5.97 Å². The molecule has 2 aliphatic rings. The van der Waals surface area contributed by atoms with Gasteiger partial charge in [0.05, 0.1) is 6.54 Å². The molecule has 0 spiro atoms. The number of aliphatic carboxylic acids is 1. The Morgan fingerprint density at radius 1 is 1.12 bits per heavy atom. The topological polar surface area (TPSA) is 143 Å². The molecular weight excluding hydrogens is 646 g/mol. The molecule has 260 valence electrons. The zero-order valence-electron chi connectivity index (χ0n) is 28.9. The summed E-state index contributed by atoms with van der Waals surface area (Å²) in [5, 5.41) is 23.3. The summed E-state index contributed by atoms with van der Waals surface area (Å²) >= 11 is 0. The molecule has 3 heterocycles. The number of nitrogens with zero attached hydrogens (tertiary/aromatic N) is 5. The third-order valence-electron chi connectivity index (χ3n) is 9.89. The highest BCUT2D eigenvalue weighted by Crippen LogP contribution is 2.42. The molecular formula is C40H39N5O6. The molecule has 1 aliphatic carbocycles. The van der Waals surface area contributed by atoms with E-state index in [1.807, 2.05) is 25.1 Å². The first-order valence-electron chi connectivity index (χ1n) is 17.2. The standard InChI is InChI=1S/C40H39N5O6/c1-24-19-29(13-12-26(24)21-44-18-16-28(46)23-44)50-35-15-14-33-32(9-5-10-34(33)35)30-7-4-8-31(25(30)2)40-42-37-38(51-40)27(20-41)22-45(39(37)43-49-3)17-6-11-36(47)48/h4-5,7-10,12-13,19,22,35H,6,11,14-18,21,23H2,1-3H3,(H,47,48)/b43-39-/t35-/m0/s1. The monoisotopic (exact) mass is 685 g/mol. The first-order valence-corrected chi connectivity index (χ1v) is 17.2. The van der Waals surface area contributed by atoms with Crippen LogP contribution in [0.15, 0.2) is 70.4 Å². The van der Waals surface area contributed by atoms with Crippen molar-refractivity contribution >= 4 is 22.9 Å². The molecule has 1 N–H and O–H groups in total. The summed E-state index contributed by atoms with van der Waals surface area (Å²) in [6.45, 7) is 6.57. The van der Waals surface area contributed by atoms with Crippen molar-refractivity contribution in [2.45, 2.75) is 65.1 Å². The van der Waals surface area contributed by atoms with Crippen molar-refractivity contribution in [3.05, 3.63) is 99.7 Å². The summed E-state index contributed by atoms with van der Waals surface area (Å²) in [6, 6.07) is 20.8. The lowest BCUT2D eigenvalue weighted by Crippen LogP contribution is -2.23. The number of oxazole rings is 1. The van der Waals surface area contributed by atoms with E-state index >= 15 is 0 Å². The summed E-state index contributed by atoms with van der Waals surface area (Å²) in [5.41, 5.74) is 10.0. The van der Waals surface area contributed by atoms with Gasteiger partial charge in [0.1, 0.15) is 36.4 Å². The second-order valence-electron chi connectivity index (χ2n) is 13.2. The van der Waals surface area contributed by atoms with E-state index in [0.29, 0.717) is 48.6 Å². The number of nitriles is 1. The minimum Gasteiger partial charge on any atom is -0.486 e. The van der Waals surface area contributed by atoms with Gasteiger partial charge in [-0.1, -0.05) is 41.6 Å². The second kappa shape index (κ2) is 14.2. The van der Waals surface area contributed by atoms with Gasteiger partial charge in [0.2, 0.25) is 11.4 Å². The molecule has 0 saturated carbocycles. The predicted molar refractivity (Wildman–Crippen MR) is 190 cm³/mol. The highest BCUT2D eigenvalue weighted by molar-refractivity contribution is 5.84. The maximum atomic E-state index is 11.7. The van der Waals surface area contributed by atoms with Crippen LogP contribution in [-0.2, 0) is 33.9 Å². The molecule has 0 bridgehead atoms. The molecule has 0 radical (unpaired) electrons. The van der Waals surface area contributed by atoms with Crippen LogP contribution in [0.2, 0.25) is 0 Å². The number of fused-ring (bicyclic) bond motifs is 2. The van der Waals surface area contributed by atoms with Gasteiger partial charge in [-0.2, -0.15) is 5.26 Å². The van der Waals surface area contributed by atoms with Crippen molar-refractivity contribution in [2.75, 3.05) is 20.2 Å². The van der Waals surface area contributed by atoms with Crippen LogP contribution >= 0.6 is 0 Å². The average Bonchev–Trinajstić information content (AvgIpc) is 3.85. The fourth-order valence-corrected chi connectivity index (χ4v) is 7.31. The molecule has 1 atom stereocenters. The lowest BCUT2D eigenvalue weighted by molar-refractivity contribution is -0.137. The van der Waals surface area contributed by atoms with Crippen LogP contribution in [0.1, 0.15) is 65.2 Å². The maximum absolute atomic E-state index is 11.7. The number of pyridine rings is 1. The first kappa shape index (κ1) is 33.8. The van der Waals surface area contributed by atoms with E-state index in [0.717, 1.165) is 59.5 Å². The molecule has 11 nitrogen and oxygen atoms in total. The number of hydrogen-bond acceptors (Lipinski definition) is 9. The summed E-state index contributed by atoms with van der Waals surface area (Å²) in [6.07, 6.45) is 4.22. The molecule has 1 aliphatic heterocycles. The van der Waals surface area contributed by atoms with Crippen molar-refractivity contribution in [3.8, 4) is 34.4 Å². The number of carbonyl (C=O) groups excluding carboxylic acids is 1. The van der Waals surface area contributed by atoms with Gasteiger partial charge in [0.15, 0.2) is 11.1 Å². The van der Waals surface area contributed by atoms with Gasteiger partial charge in [0.25, 0.3) is 0 Å². The number of aryl methyl sites for hydroxylation is 2. The number of carboxylic acids is 1. The van der Waals surface area contributed by atoms with Crippen LogP contribution in [0, 0.1) is 25.2 Å². The zero-order valence-corrected chi connectivity index (χ0v) is 28.9. The molecule has 11 heteroatoms. The lowest BCUT2D eigenvalue weighted by atomic mass is 9.91. The SMILES string of the molecule is CO/N=c1/c2nc(-c3cccc(-c4cccc5c4CC[C@@H]5Oc4ccc(CN5CCC(=O)C5)c(C)c4)c3C)oc2c(C#N)cn1CCCC(=O)O. The Labute approximate surface area is 295 Å². The van der Waals surface area contributed by atoms with Crippen LogP contribution in [0.4, 0.5) is 0 Å². The first-order chi connectivity index (χ1) is 24.7. The largest absolute Gasteiger partial charge is 0.486 e. The third-order valence-corrected chi connectivity index (χ3v) is 9.89. The number of carboxylic acid groups (broad SMARTS) is 1. The Balaban J connectivity index is 1.18. The third kappa shape index (κ3) is 6.75. The molecule has 51 heavy (non-hydrogen) atoms. The summed E-state index contributed by atoms with van der Waals surface area (Å²) < 4.78 is 14.6. The molecule has 2 aromatic heterocycles. The normalized spacial score (nSPS) is 16.1. The van der Waals surface area contributed by atoms with Crippen LogP contribution in [0.5, 0.6) is 5.75 Å². The highest BCUT2D eigenvalue weighted by Gasteiger charge is 2.28. The molecule has 7 rings (SSSR count). The Morgan fingerprint density at radius 2 is 1.92 bits per heavy atom. The number of ether oxygens (including phenoxy) is 1. The van der Waals surface area contributed by atoms with Gasteiger partial charge < -0.3 is 23.7 Å². The number of ketones is 1. The van der Waals surface area contributed by atoms with Crippen molar-refractivity contribution in [1.82, 2.24) is 14.5 Å². The average molecular weight is 686 g/mol. The van der Waals surface area contributed by atoms with E-state index in [4.69, 9.17) is 24.1 Å². The van der Waals surface area contributed by atoms with E-state index in [1.54, 1.807) is 10.8 Å². The minimum absolute atomic E-state index is 0.0258.